The number of aryl methyl sites for hydroxylation is 1. The molecule has 0 aromatic heterocycles. The minimum absolute atomic E-state index is 0.337. The molecule has 6 heteroatoms. The van der Waals surface area contributed by atoms with Gasteiger partial charge in [-0.2, -0.15) is 4.31 Å². The van der Waals surface area contributed by atoms with Gasteiger partial charge in [0.15, 0.2) is 0 Å². The number of Topliss-reactive ketones (excluding diaryl/α,β-unsaturated/α-hetero) is 1. The number of anilines is 1. The summed E-state index contributed by atoms with van der Waals surface area (Å²) in [6.45, 7) is 3.05. The van der Waals surface area contributed by atoms with Crippen molar-refractivity contribution >= 4 is 21.5 Å². The lowest BCUT2D eigenvalue weighted by atomic mass is 9.91. The van der Waals surface area contributed by atoms with Crippen molar-refractivity contribution < 1.29 is 13.2 Å². The van der Waals surface area contributed by atoms with Gasteiger partial charge in [0.2, 0.25) is 10.0 Å². The fraction of sp³-hybridized carbons (Fsp3) is 0.500. The maximum absolute atomic E-state index is 12.9. The summed E-state index contributed by atoms with van der Waals surface area (Å²) in [4.78, 5) is 15.2. The molecular formula is C26H34N2O3S. The van der Waals surface area contributed by atoms with E-state index in [-0.39, 0.29) is 0 Å². The predicted molar refractivity (Wildman–Crippen MR) is 128 cm³/mol. The predicted octanol–water partition coefficient (Wildman–Crippen LogP) is 4.67. The molecule has 5 nitrogen and oxygen atoms in total. The van der Waals surface area contributed by atoms with Crippen molar-refractivity contribution in [1.82, 2.24) is 4.31 Å². The molecule has 32 heavy (non-hydrogen) atoms. The molecular weight excluding hydrogens is 420 g/mol. The molecule has 2 aliphatic rings. The monoisotopic (exact) mass is 454 g/mol. The molecule has 0 saturated carbocycles. The Hall–Kier alpha value is -2.18. The summed E-state index contributed by atoms with van der Waals surface area (Å²) < 4.78 is 27.4. The second kappa shape index (κ2) is 10.6. The Kier molecular flexibility index (Phi) is 7.63. The Balaban J connectivity index is 1.32. The van der Waals surface area contributed by atoms with Gasteiger partial charge in [-0.15, -0.1) is 0 Å². The van der Waals surface area contributed by atoms with Crippen molar-refractivity contribution in [3.63, 3.8) is 0 Å². The van der Waals surface area contributed by atoms with E-state index in [4.69, 9.17) is 0 Å². The van der Waals surface area contributed by atoms with E-state index in [2.05, 4.69) is 17.0 Å². The molecule has 0 radical (unpaired) electrons. The van der Waals surface area contributed by atoms with E-state index in [1.165, 1.54) is 5.56 Å². The van der Waals surface area contributed by atoms with E-state index in [1.54, 1.807) is 16.4 Å². The maximum atomic E-state index is 12.9. The third-order valence-electron chi connectivity index (χ3n) is 6.73. The van der Waals surface area contributed by atoms with Crippen molar-refractivity contribution in [3.05, 3.63) is 60.2 Å². The van der Waals surface area contributed by atoms with Crippen LogP contribution in [0.5, 0.6) is 0 Å². The van der Waals surface area contributed by atoms with Crippen LogP contribution >= 0.6 is 0 Å². The van der Waals surface area contributed by atoms with Crippen LogP contribution in [-0.2, 0) is 21.2 Å². The number of sulfonamides is 1. The van der Waals surface area contributed by atoms with Crippen LogP contribution in [0.3, 0.4) is 0 Å². The molecule has 2 fully saturated rings. The van der Waals surface area contributed by atoms with Crippen molar-refractivity contribution in [1.29, 1.82) is 0 Å². The molecule has 0 amide bonds. The standard InChI is InChI=1S/C26H34N2O3S/c29-25(14-11-22-8-3-1-4-9-22)20-23-10-7-17-27(21-23)24-12-15-26(16-13-24)32(30,31)28-18-5-2-6-19-28/h1,3-4,8-9,12-13,15-16,23H,2,5-7,10-11,14,17-21H2. The molecule has 1 unspecified atom stereocenters. The minimum atomic E-state index is -3.40. The van der Waals surface area contributed by atoms with Crippen molar-refractivity contribution in [2.75, 3.05) is 31.1 Å². The Bertz CT molecular complexity index is 983. The highest BCUT2D eigenvalue weighted by atomic mass is 32.2. The zero-order valence-corrected chi connectivity index (χ0v) is 19.6. The molecule has 0 N–H and O–H groups in total. The number of hydrogen-bond donors (Lipinski definition) is 0. The van der Waals surface area contributed by atoms with Gasteiger partial charge in [0.25, 0.3) is 0 Å². The van der Waals surface area contributed by atoms with Gasteiger partial charge in [0, 0.05) is 44.7 Å². The summed E-state index contributed by atoms with van der Waals surface area (Å²) in [5.74, 6) is 0.701. The second-order valence-electron chi connectivity index (χ2n) is 9.14. The zero-order chi connectivity index (χ0) is 22.4. The van der Waals surface area contributed by atoms with Crippen LogP contribution in [0, 0.1) is 5.92 Å². The maximum Gasteiger partial charge on any atom is 0.243 e. The van der Waals surface area contributed by atoms with Crippen LogP contribution in [0.1, 0.15) is 50.5 Å². The minimum Gasteiger partial charge on any atom is -0.371 e. The average molecular weight is 455 g/mol. The molecule has 2 aromatic rings. The smallest absolute Gasteiger partial charge is 0.243 e. The molecule has 1 atom stereocenters. The van der Waals surface area contributed by atoms with Gasteiger partial charge >= 0.3 is 0 Å². The third kappa shape index (κ3) is 5.78. The van der Waals surface area contributed by atoms with Crippen LogP contribution in [0.4, 0.5) is 5.69 Å². The molecule has 0 bridgehead atoms. The van der Waals surface area contributed by atoms with Gasteiger partial charge in [-0.1, -0.05) is 36.8 Å². The number of carbonyl (C=O) groups excluding carboxylic acids is 1. The highest BCUT2D eigenvalue weighted by Gasteiger charge is 2.27. The fourth-order valence-corrected chi connectivity index (χ4v) is 6.42. The molecule has 0 aliphatic carbocycles. The van der Waals surface area contributed by atoms with Gasteiger partial charge in [0.1, 0.15) is 5.78 Å². The van der Waals surface area contributed by atoms with E-state index < -0.39 is 10.0 Å². The first-order valence-electron chi connectivity index (χ1n) is 11.9. The number of carbonyl (C=O) groups is 1. The SMILES string of the molecule is O=C(CCc1ccccc1)CC1CCCN(c2ccc(S(=O)(=O)N3CCCCC3)cc2)C1. The van der Waals surface area contributed by atoms with Gasteiger partial charge in [0.05, 0.1) is 4.90 Å². The molecule has 2 saturated heterocycles. The van der Waals surface area contributed by atoms with E-state index in [0.717, 1.165) is 57.3 Å². The number of rotatable bonds is 8. The number of hydrogen-bond acceptors (Lipinski definition) is 4. The summed E-state index contributed by atoms with van der Waals surface area (Å²) in [6, 6.07) is 17.5. The number of benzene rings is 2. The second-order valence-corrected chi connectivity index (χ2v) is 11.1. The number of piperidine rings is 2. The molecule has 2 aliphatic heterocycles. The lowest BCUT2D eigenvalue weighted by Gasteiger charge is -2.34. The van der Waals surface area contributed by atoms with Crippen molar-refractivity contribution in [2.45, 2.75) is 56.3 Å². The number of ketones is 1. The quantitative estimate of drug-likeness (QED) is 0.582. The average Bonchev–Trinajstić information content (AvgIpc) is 2.84. The zero-order valence-electron chi connectivity index (χ0n) is 18.8. The fourth-order valence-electron chi connectivity index (χ4n) is 4.90. The lowest BCUT2D eigenvalue weighted by molar-refractivity contribution is -0.120. The Morgan fingerprint density at radius 2 is 1.59 bits per heavy atom. The molecule has 2 heterocycles. The van der Waals surface area contributed by atoms with Crippen molar-refractivity contribution in [2.24, 2.45) is 5.92 Å². The molecule has 0 spiro atoms. The first kappa shape index (κ1) is 23.0. The van der Waals surface area contributed by atoms with Gasteiger partial charge in [-0.25, -0.2) is 8.42 Å². The molecule has 172 valence electrons. The topological polar surface area (TPSA) is 57.7 Å². The lowest BCUT2D eigenvalue weighted by Crippen LogP contribution is -2.36. The summed E-state index contributed by atoms with van der Waals surface area (Å²) in [5, 5.41) is 0. The molecule has 4 rings (SSSR count). The van der Waals surface area contributed by atoms with Crippen molar-refractivity contribution in [3.8, 4) is 0 Å². The summed E-state index contributed by atoms with van der Waals surface area (Å²) in [5.41, 5.74) is 2.26. The van der Waals surface area contributed by atoms with Crippen LogP contribution < -0.4 is 4.90 Å². The first-order chi connectivity index (χ1) is 15.5. The van der Waals surface area contributed by atoms with E-state index in [1.807, 2.05) is 30.3 Å². The van der Waals surface area contributed by atoms with Crippen LogP contribution in [0.15, 0.2) is 59.5 Å². The van der Waals surface area contributed by atoms with E-state index in [9.17, 15) is 13.2 Å². The number of nitrogens with zero attached hydrogens (tertiary/aromatic N) is 2. The molecule has 2 aromatic carbocycles. The first-order valence-corrected chi connectivity index (χ1v) is 13.4. The highest BCUT2D eigenvalue weighted by molar-refractivity contribution is 7.89. The van der Waals surface area contributed by atoms with Crippen LogP contribution in [-0.4, -0.2) is 44.7 Å². The van der Waals surface area contributed by atoms with Crippen LogP contribution in [0.2, 0.25) is 0 Å². The van der Waals surface area contributed by atoms with Crippen LogP contribution in [0.25, 0.3) is 0 Å². The third-order valence-corrected chi connectivity index (χ3v) is 8.64. The normalized spacial score (nSPS) is 20.2. The Labute approximate surface area is 192 Å². The summed E-state index contributed by atoms with van der Waals surface area (Å²) >= 11 is 0. The van der Waals surface area contributed by atoms with E-state index >= 15 is 0 Å². The highest BCUT2D eigenvalue weighted by Crippen LogP contribution is 2.28. The Morgan fingerprint density at radius 3 is 2.31 bits per heavy atom. The van der Waals surface area contributed by atoms with Gasteiger partial charge < -0.3 is 4.90 Å². The Morgan fingerprint density at radius 1 is 0.875 bits per heavy atom. The summed E-state index contributed by atoms with van der Waals surface area (Å²) in [6.07, 6.45) is 7.17. The van der Waals surface area contributed by atoms with Gasteiger partial charge in [-0.05, 0) is 67.9 Å². The summed E-state index contributed by atoms with van der Waals surface area (Å²) in [7, 11) is -3.40. The van der Waals surface area contributed by atoms with E-state index in [0.29, 0.717) is 42.5 Å². The largest absolute Gasteiger partial charge is 0.371 e. The van der Waals surface area contributed by atoms with Gasteiger partial charge in [-0.3, -0.25) is 4.79 Å².